The molecule has 0 saturated heterocycles. The van der Waals surface area contributed by atoms with Crippen LogP contribution in [-0.2, 0) is 26.1 Å². The van der Waals surface area contributed by atoms with Crippen LogP contribution in [0.4, 0.5) is 5.95 Å². The molecule has 0 fully saturated rings. The summed E-state index contributed by atoms with van der Waals surface area (Å²) in [6, 6.07) is 0. The van der Waals surface area contributed by atoms with Gasteiger partial charge in [-0.25, -0.2) is 18.4 Å². The van der Waals surface area contributed by atoms with E-state index in [0.29, 0.717) is 11.6 Å². The molecule has 0 aliphatic rings. The van der Waals surface area contributed by atoms with Gasteiger partial charge in [0.05, 0.1) is 19.2 Å². The van der Waals surface area contributed by atoms with E-state index in [2.05, 4.69) is 34.9 Å². The highest BCUT2D eigenvalue weighted by molar-refractivity contribution is 7.93. The van der Waals surface area contributed by atoms with Crippen LogP contribution in [0.15, 0.2) is 18.7 Å². The summed E-state index contributed by atoms with van der Waals surface area (Å²) in [5.41, 5.74) is 0.187. The van der Waals surface area contributed by atoms with Gasteiger partial charge in [-0.2, -0.15) is 9.97 Å². The zero-order valence-corrected chi connectivity index (χ0v) is 21.2. The number of sulfonamides is 1. The Hall–Kier alpha value is -3.14. The number of aromatic nitrogens is 7. The largest absolute Gasteiger partial charge is 0.479 e. The van der Waals surface area contributed by atoms with E-state index >= 15 is 0 Å². The maximum Gasteiger partial charge on any atom is 0.245 e. The molecule has 3 rings (SSSR count). The Labute approximate surface area is 207 Å². The van der Waals surface area contributed by atoms with Crippen LogP contribution in [0.1, 0.15) is 31.6 Å². The highest BCUT2D eigenvalue weighted by atomic mass is 35.5. The van der Waals surface area contributed by atoms with Crippen LogP contribution in [-0.4, -0.2) is 76.3 Å². The summed E-state index contributed by atoms with van der Waals surface area (Å²) in [4.78, 5) is 16.3. The van der Waals surface area contributed by atoms with E-state index < -0.39 is 21.4 Å². The lowest BCUT2D eigenvalue weighted by Crippen LogP contribution is -2.33. The minimum atomic E-state index is -4.13. The zero-order chi connectivity index (χ0) is 25.6. The monoisotopic (exact) mass is 528 g/mol. The van der Waals surface area contributed by atoms with Crippen LogP contribution < -0.4 is 14.2 Å². The molecule has 16 heteroatoms. The molecule has 0 aromatic carbocycles. The summed E-state index contributed by atoms with van der Waals surface area (Å²) in [5, 5.41) is 7.26. The van der Waals surface area contributed by atoms with Crippen molar-refractivity contribution in [1.29, 1.82) is 0 Å². The molecule has 190 valence electrons. The molecule has 0 aliphatic heterocycles. The number of nitrogens with one attached hydrogen (secondary N) is 1. The molecule has 0 saturated carbocycles. The van der Waals surface area contributed by atoms with Gasteiger partial charge >= 0.3 is 0 Å². The van der Waals surface area contributed by atoms with Crippen LogP contribution in [0.2, 0.25) is 5.02 Å². The van der Waals surface area contributed by atoms with Crippen molar-refractivity contribution in [3.05, 3.63) is 35.4 Å². The van der Waals surface area contributed by atoms with Crippen molar-refractivity contribution in [3.63, 3.8) is 0 Å². The van der Waals surface area contributed by atoms with Crippen molar-refractivity contribution >= 4 is 27.6 Å². The fourth-order valence-corrected chi connectivity index (χ4v) is 4.33. The van der Waals surface area contributed by atoms with Crippen LogP contribution in [0.5, 0.6) is 11.8 Å². The van der Waals surface area contributed by atoms with Gasteiger partial charge in [-0.1, -0.05) is 11.6 Å². The number of hydrogen-bond donors (Lipinski definition) is 1. The first-order chi connectivity index (χ1) is 16.8. The van der Waals surface area contributed by atoms with Crippen LogP contribution >= 0.6 is 11.6 Å². The lowest BCUT2D eigenvalue weighted by Gasteiger charge is -2.22. The maximum atomic E-state index is 13.4. The number of methoxy groups -OCH3 is 3. The lowest BCUT2D eigenvalue weighted by atomic mass is 10.2. The number of hydrogen-bond acceptors (Lipinski definition) is 12. The first-order valence-electron chi connectivity index (χ1n) is 10.2. The Kier molecular flexibility index (Phi) is 8.71. The minimum absolute atomic E-state index is 0.0152. The van der Waals surface area contributed by atoms with E-state index in [-0.39, 0.29) is 41.7 Å². The molecule has 2 atom stereocenters. The van der Waals surface area contributed by atoms with Gasteiger partial charge in [0.1, 0.15) is 24.3 Å². The molecule has 0 amide bonds. The van der Waals surface area contributed by atoms with Crippen molar-refractivity contribution in [2.45, 2.75) is 31.8 Å². The van der Waals surface area contributed by atoms with Crippen molar-refractivity contribution in [2.24, 2.45) is 0 Å². The first kappa shape index (κ1) is 26.5. The Bertz CT molecular complexity index is 1220. The highest BCUT2D eigenvalue weighted by Crippen LogP contribution is 2.33. The highest BCUT2D eigenvalue weighted by Gasteiger charge is 2.35. The molecule has 3 heterocycles. The quantitative estimate of drug-likeness (QED) is 0.361. The molecule has 14 nitrogen and oxygen atoms in total. The molecule has 0 aliphatic carbocycles. The van der Waals surface area contributed by atoms with Crippen molar-refractivity contribution in [1.82, 2.24) is 34.7 Å². The number of rotatable bonds is 12. The maximum absolute atomic E-state index is 13.4. The van der Waals surface area contributed by atoms with E-state index in [0.717, 1.165) is 0 Å². The summed E-state index contributed by atoms with van der Waals surface area (Å²) < 4.78 is 52.2. The summed E-state index contributed by atoms with van der Waals surface area (Å²) in [6.07, 6.45) is 2.95. The van der Waals surface area contributed by atoms with Gasteiger partial charge in [0.15, 0.2) is 17.3 Å². The normalized spacial score (nSPS) is 13.3. The molecule has 0 spiro atoms. The zero-order valence-electron chi connectivity index (χ0n) is 19.7. The van der Waals surface area contributed by atoms with E-state index in [4.69, 9.17) is 30.5 Å². The minimum Gasteiger partial charge on any atom is -0.479 e. The second-order valence-corrected chi connectivity index (χ2v) is 9.40. The van der Waals surface area contributed by atoms with E-state index in [1.165, 1.54) is 51.5 Å². The van der Waals surface area contributed by atoms with Gasteiger partial charge in [0, 0.05) is 26.1 Å². The summed E-state index contributed by atoms with van der Waals surface area (Å²) in [6.45, 7) is 3.66. The van der Waals surface area contributed by atoms with Gasteiger partial charge in [0.2, 0.25) is 27.7 Å². The standard InChI is InChI=1S/C19H25ClN8O6S/c1-6-34-9-13-25-26-19(28(13)14-17(32-4)23-10-24-18(14)33-5)27-35(29,30)11(2)15(31-3)16-21-7-12(20)8-22-16/h7-8,10-11,15H,6,9H2,1-5H3,(H,26,27)/t11-,15-/m0/s1. The summed E-state index contributed by atoms with van der Waals surface area (Å²) >= 11 is 5.84. The molecule has 3 aromatic rings. The molecular formula is C19H25ClN8O6S. The third-order valence-corrected chi connectivity index (χ3v) is 6.72. The average Bonchev–Trinajstić information content (AvgIpc) is 3.24. The lowest BCUT2D eigenvalue weighted by molar-refractivity contribution is 0.0950. The fourth-order valence-electron chi connectivity index (χ4n) is 3.10. The van der Waals surface area contributed by atoms with Gasteiger partial charge in [-0.15, -0.1) is 10.2 Å². The third kappa shape index (κ3) is 5.75. The van der Waals surface area contributed by atoms with Crippen LogP contribution in [0, 0.1) is 0 Å². The Morgan fingerprint density at radius 1 is 1.06 bits per heavy atom. The van der Waals surface area contributed by atoms with Gasteiger partial charge < -0.3 is 18.9 Å². The Morgan fingerprint density at radius 2 is 1.69 bits per heavy atom. The van der Waals surface area contributed by atoms with Gasteiger partial charge in [-0.3, -0.25) is 9.29 Å². The average molecular weight is 529 g/mol. The molecule has 1 N–H and O–H groups in total. The third-order valence-electron chi connectivity index (χ3n) is 4.83. The van der Waals surface area contributed by atoms with Crippen molar-refractivity contribution in [3.8, 4) is 17.4 Å². The summed E-state index contributed by atoms with van der Waals surface area (Å²) in [5.74, 6) is 0.449. The SMILES string of the molecule is CCOCc1nnc(NS(=O)(=O)[C@@H](C)[C@H](OC)c2ncc(Cl)cn2)n1-c1c(OC)ncnc1OC. The molecule has 35 heavy (non-hydrogen) atoms. The topological polar surface area (TPSA) is 165 Å². The van der Waals surface area contributed by atoms with Gasteiger partial charge in [0.25, 0.3) is 0 Å². The van der Waals surface area contributed by atoms with Crippen molar-refractivity contribution < 1.29 is 27.4 Å². The Morgan fingerprint density at radius 3 is 2.23 bits per heavy atom. The van der Waals surface area contributed by atoms with E-state index in [1.807, 2.05) is 6.92 Å². The number of nitrogens with zero attached hydrogens (tertiary/aromatic N) is 7. The molecule has 0 unspecified atom stereocenters. The number of halogens is 1. The molecular weight excluding hydrogens is 504 g/mol. The second-order valence-electron chi connectivity index (χ2n) is 6.92. The first-order valence-corrected chi connectivity index (χ1v) is 12.2. The Balaban J connectivity index is 2.06. The predicted octanol–water partition coefficient (Wildman–Crippen LogP) is 1.57. The predicted molar refractivity (Wildman–Crippen MR) is 124 cm³/mol. The van der Waals surface area contributed by atoms with Crippen LogP contribution in [0.25, 0.3) is 5.69 Å². The molecule has 0 bridgehead atoms. The van der Waals surface area contributed by atoms with E-state index in [1.54, 1.807) is 0 Å². The smallest absolute Gasteiger partial charge is 0.245 e. The van der Waals surface area contributed by atoms with Crippen molar-refractivity contribution in [2.75, 3.05) is 32.7 Å². The fraction of sp³-hybridized carbons (Fsp3) is 0.474. The molecule has 3 aromatic heterocycles. The number of ether oxygens (including phenoxy) is 4. The summed E-state index contributed by atoms with van der Waals surface area (Å²) in [7, 11) is 0.0249. The number of anilines is 1. The van der Waals surface area contributed by atoms with Crippen LogP contribution in [0.3, 0.4) is 0 Å². The van der Waals surface area contributed by atoms with E-state index in [9.17, 15) is 8.42 Å². The second kappa shape index (κ2) is 11.5. The molecule has 0 radical (unpaired) electrons. The van der Waals surface area contributed by atoms with Gasteiger partial charge in [-0.05, 0) is 13.8 Å².